The maximum Gasteiger partial charge on any atom is 0.107 e. The molecule has 3 unspecified atom stereocenters. The lowest BCUT2D eigenvalue weighted by Crippen LogP contribution is -2.33. The van der Waals surface area contributed by atoms with Gasteiger partial charge in [0.05, 0.1) is 0 Å². The first-order valence-corrected chi connectivity index (χ1v) is 6.77. The van der Waals surface area contributed by atoms with Crippen LogP contribution >= 0.6 is 11.3 Å². The van der Waals surface area contributed by atoms with Crippen molar-refractivity contribution in [2.75, 3.05) is 0 Å². The largest absolute Gasteiger partial charge is 0.307 e. The molecule has 1 N–H and O–H groups in total. The van der Waals surface area contributed by atoms with Gasteiger partial charge in [-0.15, -0.1) is 11.3 Å². The predicted molar refractivity (Wildman–Crippen MR) is 62.9 cm³/mol. The summed E-state index contributed by atoms with van der Waals surface area (Å²) in [7, 11) is 0. The van der Waals surface area contributed by atoms with Gasteiger partial charge >= 0.3 is 0 Å². The number of thiazole rings is 1. The van der Waals surface area contributed by atoms with Crippen LogP contribution in [0.25, 0.3) is 0 Å². The van der Waals surface area contributed by atoms with Crippen molar-refractivity contribution < 1.29 is 0 Å². The van der Waals surface area contributed by atoms with Crippen molar-refractivity contribution in [3.8, 4) is 0 Å². The van der Waals surface area contributed by atoms with Crippen LogP contribution in [0.3, 0.4) is 0 Å². The zero-order chi connectivity index (χ0) is 10.3. The Morgan fingerprint density at radius 2 is 2.40 bits per heavy atom. The second-order valence-electron chi connectivity index (χ2n) is 5.03. The van der Waals surface area contributed by atoms with Crippen molar-refractivity contribution in [2.24, 2.45) is 11.8 Å². The maximum absolute atomic E-state index is 4.39. The van der Waals surface area contributed by atoms with Gasteiger partial charge in [-0.3, -0.25) is 0 Å². The fraction of sp³-hybridized carbons (Fsp3) is 0.750. The molecule has 15 heavy (non-hydrogen) atoms. The van der Waals surface area contributed by atoms with Crippen LogP contribution in [-0.4, -0.2) is 11.0 Å². The number of rotatable bonds is 3. The lowest BCUT2D eigenvalue weighted by atomic mass is 9.95. The molecular weight excluding hydrogens is 204 g/mol. The Morgan fingerprint density at radius 3 is 3.00 bits per heavy atom. The van der Waals surface area contributed by atoms with Gasteiger partial charge in [-0.05, 0) is 38.0 Å². The summed E-state index contributed by atoms with van der Waals surface area (Å²) in [6.07, 6.45) is 7.81. The minimum Gasteiger partial charge on any atom is -0.307 e. The van der Waals surface area contributed by atoms with Crippen LogP contribution in [0.4, 0.5) is 0 Å². The van der Waals surface area contributed by atoms with Crippen LogP contribution in [0.15, 0.2) is 6.20 Å². The van der Waals surface area contributed by atoms with E-state index in [0.29, 0.717) is 0 Å². The van der Waals surface area contributed by atoms with Crippen LogP contribution in [0.1, 0.15) is 35.6 Å². The fourth-order valence-corrected chi connectivity index (χ4v) is 3.93. The van der Waals surface area contributed by atoms with Crippen molar-refractivity contribution in [2.45, 2.75) is 45.2 Å². The Kier molecular flexibility index (Phi) is 2.53. The van der Waals surface area contributed by atoms with Gasteiger partial charge in [-0.1, -0.05) is 6.42 Å². The molecule has 3 atom stereocenters. The summed E-state index contributed by atoms with van der Waals surface area (Å²) in [5.41, 5.74) is 0. The lowest BCUT2D eigenvalue weighted by Gasteiger charge is -2.22. The van der Waals surface area contributed by atoms with Crippen molar-refractivity contribution >= 4 is 11.3 Å². The SMILES string of the molecule is Cc1cnc(CNC2CC3CCC2C3)s1. The highest BCUT2D eigenvalue weighted by Crippen LogP contribution is 2.44. The van der Waals surface area contributed by atoms with Crippen LogP contribution < -0.4 is 5.32 Å². The molecule has 82 valence electrons. The molecule has 1 aromatic heterocycles. The summed E-state index contributed by atoms with van der Waals surface area (Å²) in [5, 5.41) is 4.94. The molecule has 2 aliphatic rings. The van der Waals surface area contributed by atoms with Gasteiger partial charge in [0, 0.05) is 23.7 Å². The number of hydrogen-bond donors (Lipinski definition) is 1. The van der Waals surface area contributed by atoms with Crippen molar-refractivity contribution in [3.05, 3.63) is 16.1 Å². The third kappa shape index (κ3) is 1.95. The molecule has 2 fully saturated rings. The zero-order valence-corrected chi connectivity index (χ0v) is 10.0. The van der Waals surface area contributed by atoms with Crippen LogP contribution in [0, 0.1) is 18.8 Å². The van der Waals surface area contributed by atoms with Crippen molar-refractivity contribution in [1.29, 1.82) is 0 Å². The summed E-state index contributed by atoms with van der Waals surface area (Å²) in [5.74, 6) is 2.00. The quantitative estimate of drug-likeness (QED) is 0.850. The van der Waals surface area contributed by atoms with Gasteiger partial charge in [0.1, 0.15) is 5.01 Å². The van der Waals surface area contributed by atoms with E-state index in [2.05, 4.69) is 17.2 Å². The maximum atomic E-state index is 4.39. The standard InChI is InChI=1S/C12H18N2S/c1-8-6-14-12(15-8)7-13-11-5-9-2-3-10(11)4-9/h6,9-11,13H,2-5,7H2,1H3. The number of nitrogens with zero attached hydrogens (tertiary/aromatic N) is 1. The van der Waals surface area contributed by atoms with Crippen molar-refractivity contribution in [1.82, 2.24) is 10.3 Å². The van der Waals surface area contributed by atoms with Gasteiger partial charge in [0.15, 0.2) is 0 Å². The molecule has 2 saturated carbocycles. The number of fused-ring (bicyclic) bond motifs is 2. The fourth-order valence-electron chi connectivity index (χ4n) is 3.20. The van der Waals surface area contributed by atoms with E-state index in [-0.39, 0.29) is 0 Å². The second-order valence-corrected chi connectivity index (χ2v) is 6.35. The van der Waals surface area contributed by atoms with Gasteiger partial charge in [-0.2, -0.15) is 0 Å². The molecule has 1 heterocycles. The molecule has 2 bridgehead atoms. The average molecular weight is 222 g/mol. The van der Waals surface area contributed by atoms with E-state index in [1.807, 2.05) is 17.5 Å². The van der Waals surface area contributed by atoms with Gasteiger partial charge in [-0.25, -0.2) is 4.98 Å². The minimum absolute atomic E-state index is 0.785. The lowest BCUT2D eigenvalue weighted by molar-refractivity contribution is 0.350. The molecule has 2 aliphatic carbocycles. The van der Waals surface area contributed by atoms with E-state index >= 15 is 0 Å². The Labute approximate surface area is 95.1 Å². The minimum atomic E-state index is 0.785. The first-order valence-electron chi connectivity index (χ1n) is 5.96. The average Bonchev–Trinajstić information content (AvgIpc) is 2.90. The molecule has 0 spiro atoms. The Balaban J connectivity index is 1.54. The van der Waals surface area contributed by atoms with Crippen molar-refractivity contribution in [3.63, 3.8) is 0 Å². The van der Waals surface area contributed by atoms with E-state index in [1.165, 1.54) is 35.6 Å². The second kappa shape index (κ2) is 3.87. The Morgan fingerprint density at radius 1 is 1.47 bits per heavy atom. The van der Waals surface area contributed by atoms with E-state index in [0.717, 1.165) is 24.4 Å². The molecule has 3 rings (SSSR count). The summed E-state index contributed by atoms with van der Waals surface area (Å²) < 4.78 is 0. The molecular formula is C12H18N2S. The molecule has 3 heteroatoms. The molecule has 0 aliphatic heterocycles. The summed E-state index contributed by atoms with van der Waals surface area (Å²) in [6, 6.07) is 0.785. The van der Waals surface area contributed by atoms with E-state index in [9.17, 15) is 0 Å². The smallest absolute Gasteiger partial charge is 0.107 e. The molecule has 0 radical (unpaired) electrons. The van der Waals surface area contributed by atoms with Crippen LogP contribution in [0.5, 0.6) is 0 Å². The Hall–Kier alpha value is -0.410. The highest BCUT2D eigenvalue weighted by Gasteiger charge is 2.38. The molecule has 0 saturated heterocycles. The predicted octanol–water partition coefficient (Wildman–Crippen LogP) is 2.73. The normalized spacial score (nSPS) is 33.8. The number of aromatic nitrogens is 1. The van der Waals surface area contributed by atoms with Gasteiger partial charge in [0.2, 0.25) is 0 Å². The molecule has 1 aromatic rings. The monoisotopic (exact) mass is 222 g/mol. The van der Waals surface area contributed by atoms with E-state index in [4.69, 9.17) is 0 Å². The third-order valence-electron chi connectivity index (χ3n) is 3.92. The number of aryl methyl sites for hydroxylation is 1. The van der Waals surface area contributed by atoms with E-state index < -0.39 is 0 Å². The first-order chi connectivity index (χ1) is 7.31. The highest BCUT2D eigenvalue weighted by atomic mass is 32.1. The summed E-state index contributed by atoms with van der Waals surface area (Å²) in [4.78, 5) is 5.71. The third-order valence-corrected chi connectivity index (χ3v) is 4.84. The first kappa shape index (κ1) is 9.79. The van der Waals surface area contributed by atoms with Crippen LogP contribution in [0.2, 0.25) is 0 Å². The highest BCUT2D eigenvalue weighted by molar-refractivity contribution is 7.11. The molecule has 0 amide bonds. The molecule has 0 aromatic carbocycles. The summed E-state index contributed by atoms with van der Waals surface area (Å²) in [6.45, 7) is 3.10. The zero-order valence-electron chi connectivity index (χ0n) is 9.20. The summed E-state index contributed by atoms with van der Waals surface area (Å²) >= 11 is 1.82. The van der Waals surface area contributed by atoms with Crippen LogP contribution in [-0.2, 0) is 6.54 Å². The Bertz CT molecular complexity index is 347. The van der Waals surface area contributed by atoms with Gasteiger partial charge in [0.25, 0.3) is 0 Å². The topological polar surface area (TPSA) is 24.9 Å². The molecule has 2 nitrogen and oxygen atoms in total. The number of nitrogens with one attached hydrogen (secondary N) is 1. The number of hydrogen-bond acceptors (Lipinski definition) is 3. The van der Waals surface area contributed by atoms with E-state index in [1.54, 1.807) is 0 Å². The van der Waals surface area contributed by atoms with Gasteiger partial charge < -0.3 is 5.32 Å².